The lowest BCUT2D eigenvalue weighted by atomic mass is 10.0. The van der Waals surface area contributed by atoms with Gasteiger partial charge in [0.05, 0.1) is 11.9 Å². The molecule has 4 rings (SSSR count). The highest BCUT2D eigenvalue weighted by Gasteiger charge is 2.46. The molecule has 0 saturated carbocycles. The summed E-state index contributed by atoms with van der Waals surface area (Å²) in [7, 11) is 0. The van der Waals surface area contributed by atoms with Crippen molar-refractivity contribution in [3.63, 3.8) is 0 Å². The Bertz CT molecular complexity index is 1190. The lowest BCUT2D eigenvalue weighted by Gasteiger charge is -2.49. The zero-order chi connectivity index (χ0) is 27.1. The Balaban J connectivity index is 1.45. The number of carbonyl (C=O) groups excluding carboxylic acids is 2. The molecule has 2 aromatic carbocycles. The van der Waals surface area contributed by atoms with Crippen molar-refractivity contribution in [2.45, 2.75) is 55.2 Å². The first-order valence-corrected chi connectivity index (χ1v) is 14.1. The molecule has 0 unspecified atom stereocenters. The quantitative estimate of drug-likeness (QED) is 0.190. The SMILES string of the molecule is NC(N)=NCCC[C@H]1CC(=O)N2[C@H](CN(CCc3ccc4ccccc4c3)C(=O)[C@@H]2CCCN=C(N)N)S1. The second kappa shape index (κ2) is 12.9. The van der Waals surface area contributed by atoms with E-state index in [1.807, 2.05) is 21.9 Å². The summed E-state index contributed by atoms with van der Waals surface area (Å²) in [5, 5.41) is 2.49. The molecule has 2 heterocycles. The normalized spacial score (nSPS) is 21.3. The number of hydrogen-bond acceptors (Lipinski definition) is 5. The van der Waals surface area contributed by atoms with E-state index in [-0.39, 0.29) is 34.4 Å². The van der Waals surface area contributed by atoms with E-state index in [4.69, 9.17) is 22.9 Å². The molecule has 3 atom stereocenters. The number of amides is 2. The molecule has 2 fully saturated rings. The van der Waals surface area contributed by atoms with Gasteiger partial charge >= 0.3 is 0 Å². The van der Waals surface area contributed by atoms with Crippen LogP contribution in [0.4, 0.5) is 0 Å². The minimum Gasteiger partial charge on any atom is -0.370 e. The highest BCUT2D eigenvalue weighted by Crippen LogP contribution is 2.38. The molecule has 11 heteroatoms. The predicted octanol–water partition coefficient (Wildman–Crippen LogP) is 1.36. The van der Waals surface area contributed by atoms with Gasteiger partial charge in [-0.2, -0.15) is 0 Å². The lowest BCUT2D eigenvalue weighted by molar-refractivity contribution is -0.153. The average molecular weight is 539 g/mol. The third kappa shape index (κ3) is 7.09. The van der Waals surface area contributed by atoms with E-state index in [1.165, 1.54) is 16.3 Å². The Morgan fingerprint density at radius 2 is 1.61 bits per heavy atom. The number of thioether (sulfide) groups is 1. The molecule has 0 bridgehead atoms. The van der Waals surface area contributed by atoms with Gasteiger partial charge in [-0.15, -0.1) is 11.8 Å². The zero-order valence-electron chi connectivity index (χ0n) is 21.7. The summed E-state index contributed by atoms with van der Waals surface area (Å²) in [5.74, 6) is 0.157. The number of carbonyl (C=O) groups is 2. The van der Waals surface area contributed by atoms with Gasteiger partial charge in [0.2, 0.25) is 11.8 Å². The molecule has 204 valence electrons. The largest absolute Gasteiger partial charge is 0.370 e. The fourth-order valence-corrected chi connectivity index (χ4v) is 6.87. The third-order valence-corrected chi connectivity index (χ3v) is 8.53. The molecule has 0 spiro atoms. The smallest absolute Gasteiger partial charge is 0.245 e. The number of nitrogens with zero attached hydrogens (tertiary/aromatic N) is 4. The minimum atomic E-state index is -0.498. The summed E-state index contributed by atoms with van der Waals surface area (Å²) < 4.78 is 0. The predicted molar refractivity (Wildman–Crippen MR) is 154 cm³/mol. The number of guanidine groups is 2. The Morgan fingerprint density at radius 3 is 2.32 bits per heavy atom. The van der Waals surface area contributed by atoms with Crippen LogP contribution >= 0.6 is 11.8 Å². The molecule has 0 radical (unpaired) electrons. The van der Waals surface area contributed by atoms with Crippen LogP contribution in [0, 0.1) is 0 Å². The van der Waals surface area contributed by atoms with Crippen LogP contribution in [0.5, 0.6) is 0 Å². The van der Waals surface area contributed by atoms with Crippen LogP contribution in [0.2, 0.25) is 0 Å². The van der Waals surface area contributed by atoms with Gasteiger partial charge in [-0.05, 0) is 48.4 Å². The van der Waals surface area contributed by atoms with Gasteiger partial charge in [0, 0.05) is 31.3 Å². The van der Waals surface area contributed by atoms with E-state index < -0.39 is 6.04 Å². The van der Waals surface area contributed by atoms with Crippen molar-refractivity contribution in [2.24, 2.45) is 32.9 Å². The molecule has 2 aliphatic rings. The number of nitrogens with two attached hydrogens (primary N) is 4. The van der Waals surface area contributed by atoms with Crippen LogP contribution < -0.4 is 22.9 Å². The van der Waals surface area contributed by atoms with E-state index in [9.17, 15) is 9.59 Å². The van der Waals surface area contributed by atoms with Crippen LogP contribution in [-0.2, 0) is 16.0 Å². The molecule has 8 N–H and O–H groups in total. The number of benzene rings is 2. The van der Waals surface area contributed by atoms with E-state index in [1.54, 1.807) is 11.8 Å². The van der Waals surface area contributed by atoms with Crippen LogP contribution in [0.3, 0.4) is 0 Å². The fourth-order valence-electron chi connectivity index (χ4n) is 5.22. The number of rotatable bonds is 11. The number of fused-ring (bicyclic) bond motifs is 2. The molecule has 2 amide bonds. The maximum atomic E-state index is 13.6. The van der Waals surface area contributed by atoms with Gasteiger partial charge in [-0.3, -0.25) is 19.6 Å². The van der Waals surface area contributed by atoms with E-state index in [0.29, 0.717) is 45.4 Å². The summed E-state index contributed by atoms with van der Waals surface area (Å²) in [6, 6.07) is 14.2. The Hall–Kier alpha value is -3.47. The summed E-state index contributed by atoms with van der Waals surface area (Å²) in [6.45, 7) is 2.11. The van der Waals surface area contributed by atoms with Crippen molar-refractivity contribution in [3.8, 4) is 0 Å². The van der Waals surface area contributed by atoms with Crippen molar-refractivity contribution in [3.05, 3.63) is 48.0 Å². The summed E-state index contributed by atoms with van der Waals surface area (Å²) in [4.78, 5) is 38.8. The maximum Gasteiger partial charge on any atom is 0.245 e. The molecule has 0 aromatic heterocycles. The van der Waals surface area contributed by atoms with Gasteiger partial charge in [-0.25, -0.2) is 0 Å². The fraction of sp³-hybridized carbons (Fsp3) is 0.481. The zero-order valence-corrected chi connectivity index (χ0v) is 22.5. The first kappa shape index (κ1) is 27.6. The van der Waals surface area contributed by atoms with Gasteiger partial charge in [0.15, 0.2) is 11.9 Å². The number of piperazine rings is 1. The van der Waals surface area contributed by atoms with Crippen LogP contribution in [-0.4, -0.2) is 76.4 Å². The van der Waals surface area contributed by atoms with Gasteiger partial charge in [-0.1, -0.05) is 42.5 Å². The first-order valence-electron chi connectivity index (χ1n) is 13.2. The summed E-state index contributed by atoms with van der Waals surface area (Å²) >= 11 is 1.79. The lowest BCUT2D eigenvalue weighted by Crippen LogP contribution is -2.64. The van der Waals surface area contributed by atoms with Gasteiger partial charge < -0.3 is 32.7 Å². The maximum absolute atomic E-state index is 13.6. The molecular formula is C27H38N8O2S. The molecule has 10 nitrogen and oxygen atoms in total. The molecule has 2 saturated heterocycles. The molecule has 38 heavy (non-hydrogen) atoms. The first-order chi connectivity index (χ1) is 18.3. The van der Waals surface area contributed by atoms with Crippen LogP contribution in [0.15, 0.2) is 52.4 Å². The highest BCUT2D eigenvalue weighted by atomic mass is 32.2. The van der Waals surface area contributed by atoms with Crippen molar-refractivity contribution in [2.75, 3.05) is 26.2 Å². The van der Waals surface area contributed by atoms with Crippen LogP contribution in [0.25, 0.3) is 10.8 Å². The highest BCUT2D eigenvalue weighted by molar-refractivity contribution is 8.00. The van der Waals surface area contributed by atoms with Gasteiger partial charge in [0.1, 0.15) is 6.04 Å². The van der Waals surface area contributed by atoms with Crippen LogP contribution in [0.1, 0.15) is 37.7 Å². The molecule has 2 aromatic rings. The second-order valence-corrected chi connectivity index (χ2v) is 11.3. The Kier molecular flexibility index (Phi) is 9.33. The third-order valence-electron chi connectivity index (χ3n) is 7.05. The second-order valence-electron chi connectivity index (χ2n) is 9.85. The standard InChI is InChI=1S/C27H38N8O2S/c28-26(29)32-12-3-7-21-16-23(36)35-22(8-4-13-33-27(30)31)25(37)34(17-24(35)38-21)14-11-18-9-10-19-5-1-2-6-20(19)15-18/h1-2,5-6,9-10,15,21-22,24H,3-4,7-8,11-14,16-17H2,(H4,28,29,32)(H4,30,31,33)/t21-,22-,24-/m0/s1. The van der Waals surface area contributed by atoms with E-state index in [0.717, 1.165) is 19.3 Å². The van der Waals surface area contributed by atoms with Crippen molar-refractivity contribution in [1.29, 1.82) is 0 Å². The monoisotopic (exact) mass is 538 g/mol. The van der Waals surface area contributed by atoms with E-state index in [2.05, 4.69) is 40.3 Å². The topological polar surface area (TPSA) is 169 Å². The molecule has 2 aliphatic heterocycles. The summed E-state index contributed by atoms with van der Waals surface area (Å²) in [5.41, 5.74) is 23.0. The Labute approximate surface area is 227 Å². The van der Waals surface area contributed by atoms with Crippen molar-refractivity contribution < 1.29 is 9.59 Å². The Morgan fingerprint density at radius 1 is 0.921 bits per heavy atom. The van der Waals surface area contributed by atoms with Crippen molar-refractivity contribution >= 4 is 46.3 Å². The molecule has 0 aliphatic carbocycles. The van der Waals surface area contributed by atoms with Gasteiger partial charge in [0.25, 0.3) is 0 Å². The minimum absolute atomic E-state index is 0.00639. The van der Waals surface area contributed by atoms with Crippen molar-refractivity contribution in [1.82, 2.24) is 9.80 Å². The number of hydrogen-bond donors (Lipinski definition) is 4. The van der Waals surface area contributed by atoms with E-state index >= 15 is 0 Å². The average Bonchev–Trinajstić information content (AvgIpc) is 2.88. The molecular weight excluding hydrogens is 500 g/mol. The summed E-state index contributed by atoms with van der Waals surface area (Å²) in [6.07, 6.45) is 3.97. The number of aliphatic imine (C=N–C) groups is 2.